The number of hydrogen-bond acceptors (Lipinski definition) is 3. The van der Waals surface area contributed by atoms with E-state index in [-0.39, 0.29) is 5.92 Å². The molecule has 3 heteroatoms. The minimum Gasteiger partial charge on any atom is -0.493 e. The molecule has 1 aromatic carbocycles. The van der Waals surface area contributed by atoms with Crippen molar-refractivity contribution in [2.24, 2.45) is 5.73 Å². The smallest absolute Gasteiger partial charge is 0.164 e. The van der Waals surface area contributed by atoms with E-state index in [0.29, 0.717) is 12.5 Å². The lowest BCUT2D eigenvalue weighted by Gasteiger charge is -2.22. The maximum atomic E-state index is 5.79. The lowest BCUT2D eigenvalue weighted by molar-refractivity contribution is 0.349. The van der Waals surface area contributed by atoms with Gasteiger partial charge in [-0.05, 0) is 30.0 Å². The molecule has 96 valence electrons. The van der Waals surface area contributed by atoms with Crippen molar-refractivity contribution in [3.8, 4) is 11.5 Å². The van der Waals surface area contributed by atoms with E-state index in [2.05, 4.69) is 26.8 Å². The maximum Gasteiger partial charge on any atom is 0.164 e. The standard InChI is InChI=1S/C14H23NO2/c1-9(2)11-6-7-12(16-4)14(17-5)13(11)10(3)8-15/h6-7,9-10H,8,15H2,1-5H3. The van der Waals surface area contributed by atoms with Crippen molar-refractivity contribution in [3.63, 3.8) is 0 Å². The fourth-order valence-electron chi connectivity index (χ4n) is 2.10. The Morgan fingerprint density at radius 1 is 1.12 bits per heavy atom. The van der Waals surface area contributed by atoms with Gasteiger partial charge in [0.05, 0.1) is 14.2 Å². The Balaban J connectivity index is 3.44. The Bertz CT molecular complexity index is 375. The molecule has 0 saturated heterocycles. The van der Waals surface area contributed by atoms with Crippen molar-refractivity contribution < 1.29 is 9.47 Å². The quantitative estimate of drug-likeness (QED) is 0.856. The molecule has 3 nitrogen and oxygen atoms in total. The van der Waals surface area contributed by atoms with Gasteiger partial charge in [0.1, 0.15) is 0 Å². The molecule has 0 fully saturated rings. The largest absolute Gasteiger partial charge is 0.493 e. The Hall–Kier alpha value is -1.22. The summed E-state index contributed by atoms with van der Waals surface area (Å²) in [6.45, 7) is 7.06. The van der Waals surface area contributed by atoms with Crippen LogP contribution in [0.3, 0.4) is 0 Å². The van der Waals surface area contributed by atoms with Crippen molar-refractivity contribution in [3.05, 3.63) is 23.3 Å². The van der Waals surface area contributed by atoms with Gasteiger partial charge in [0, 0.05) is 5.56 Å². The number of benzene rings is 1. The highest BCUT2D eigenvalue weighted by molar-refractivity contribution is 5.53. The van der Waals surface area contributed by atoms with Gasteiger partial charge in [-0.1, -0.05) is 26.8 Å². The SMILES string of the molecule is COc1ccc(C(C)C)c(C(C)CN)c1OC. The lowest BCUT2D eigenvalue weighted by atomic mass is 9.88. The molecule has 1 aromatic rings. The minimum atomic E-state index is 0.262. The Morgan fingerprint density at radius 3 is 2.18 bits per heavy atom. The molecule has 0 radical (unpaired) electrons. The Labute approximate surface area is 104 Å². The van der Waals surface area contributed by atoms with Crippen molar-refractivity contribution in [2.75, 3.05) is 20.8 Å². The Kier molecular flexibility index (Phi) is 4.82. The normalized spacial score (nSPS) is 12.6. The highest BCUT2D eigenvalue weighted by atomic mass is 16.5. The van der Waals surface area contributed by atoms with E-state index in [9.17, 15) is 0 Å². The van der Waals surface area contributed by atoms with Gasteiger partial charge in [0.2, 0.25) is 0 Å². The maximum absolute atomic E-state index is 5.79. The molecule has 0 aliphatic carbocycles. The summed E-state index contributed by atoms with van der Waals surface area (Å²) in [4.78, 5) is 0. The molecule has 0 aliphatic heterocycles. The van der Waals surface area contributed by atoms with Gasteiger partial charge in [-0.15, -0.1) is 0 Å². The molecule has 0 heterocycles. The summed E-state index contributed by atoms with van der Waals surface area (Å²) in [7, 11) is 3.33. The summed E-state index contributed by atoms with van der Waals surface area (Å²) in [5, 5.41) is 0. The van der Waals surface area contributed by atoms with Crippen LogP contribution in [-0.2, 0) is 0 Å². The molecule has 17 heavy (non-hydrogen) atoms. The zero-order chi connectivity index (χ0) is 13.0. The summed E-state index contributed by atoms with van der Waals surface area (Å²) in [6, 6.07) is 4.06. The summed E-state index contributed by atoms with van der Waals surface area (Å²) in [6.07, 6.45) is 0. The third kappa shape index (κ3) is 2.72. The van der Waals surface area contributed by atoms with Gasteiger partial charge < -0.3 is 15.2 Å². The molecule has 0 spiro atoms. The summed E-state index contributed by atoms with van der Waals surface area (Å²) >= 11 is 0. The van der Waals surface area contributed by atoms with Gasteiger partial charge >= 0.3 is 0 Å². The number of ether oxygens (including phenoxy) is 2. The third-order valence-corrected chi connectivity index (χ3v) is 3.09. The minimum absolute atomic E-state index is 0.262. The van der Waals surface area contributed by atoms with Gasteiger partial charge in [-0.3, -0.25) is 0 Å². The van der Waals surface area contributed by atoms with E-state index < -0.39 is 0 Å². The Morgan fingerprint density at radius 2 is 1.76 bits per heavy atom. The fourth-order valence-corrected chi connectivity index (χ4v) is 2.10. The first-order chi connectivity index (χ1) is 8.06. The first-order valence-electron chi connectivity index (χ1n) is 6.01. The van der Waals surface area contributed by atoms with Crippen LogP contribution in [0.2, 0.25) is 0 Å². The van der Waals surface area contributed by atoms with Crippen LogP contribution in [0.5, 0.6) is 11.5 Å². The molecular formula is C14H23NO2. The van der Waals surface area contributed by atoms with Crippen molar-refractivity contribution in [2.45, 2.75) is 32.6 Å². The molecule has 2 N–H and O–H groups in total. The number of rotatable bonds is 5. The topological polar surface area (TPSA) is 44.5 Å². The number of nitrogens with two attached hydrogens (primary N) is 1. The summed E-state index contributed by atoms with van der Waals surface area (Å²) < 4.78 is 10.8. The van der Waals surface area contributed by atoms with E-state index >= 15 is 0 Å². The van der Waals surface area contributed by atoms with E-state index in [1.54, 1.807) is 14.2 Å². The molecule has 0 bridgehead atoms. The van der Waals surface area contributed by atoms with Gasteiger partial charge in [-0.2, -0.15) is 0 Å². The van der Waals surface area contributed by atoms with Crippen molar-refractivity contribution >= 4 is 0 Å². The van der Waals surface area contributed by atoms with Gasteiger partial charge in [0.25, 0.3) is 0 Å². The van der Waals surface area contributed by atoms with Gasteiger partial charge in [-0.25, -0.2) is 0 Å². The molecule has 1 rings (SSSR count). The van der Waals surface area contributed by atoms with Crippen LogP contribution in [0.4, 0.5) is 0 Å². The molecule has 0 aliphatic rings. The van der Waals surface area contributed by atoms with Crippen LogP contribution in [0.15, 0.2) is 12.1 Å². The van der Waals surface area contributed by atoms with Gasteiger partial charge in [0.15, 0.2) is 11.5 Å². The van der Waals surface area contributed by atoms with Crippen molar-refractivity contribution in [1.82, 2.24) is 0 Å². The predicted octanol–water partition coefficient (Wildman–Crippen LogP) is 2.89. The van der Waals surface area contributed by atoms with Crippen LogP contribution in [0.1, 0.15) is 43.7 Å². The zero-order valence-electron chi connectivity index (χ0n) is 11.4. The highest BCUT2D eigenvalue weighted by Crippen LogP contribution is 2.40. The lowest BCUT2D eigenvalue weighted by Crippen LogP contribution is -2.13. The number of hydrogen-bond donors (Lipinski definition) is 1. The third-order valence-electron chi connectivity index (χ3n) is 3.09. The molecule has 1 unspecified atom stereocenters. The second kappa shape index (κ2) is 5.92. The van der Waals surface area contributed by atoms with Crippen LogP contribution in [-0.4, -0.2) is 20.8 Å². The van der Waals surface area contributed by atoms with E-state index in [4.69, 9.17) is 15.2 Å². The number of methoxy groups -OCH3 is 2. The second-order valence-corrected chi connectivity index (χ2v) is 4.60. The average Bonchev–Trinajstić information content (AvgIpc) is 2.35. The van der Waals surface area contributed by atoms with E-state index in [1.807, 2.05) is 6.07 Å². The first kappa shape index (κ1) is 13.8. The molecule has 0 amide bonds. The van der Waals surface area contributed by atoms with Crippen LogP contribution < -0.4 is 15.2 Å². The zero-order valence-corrected chi connectivity index (χ0v) is 11.4. The molecule has 1 atom stereocenters. The first-order valence-corrected chi connectivity index (χ1v) is 6.01. The van der Waals surface area contributed by atoms with Crippen LogP contribution in [0, 0.1) is 0 Å². The van der Waals surface area contributed by atoms with Crippen LogP contribution >= 0.6 is 0 Å². The molecule has 0 saturated carbocycles. The highest BCUT2D eigenvalue weighted by Gasteiger charge is 2.20. The van der Waals surface area contributed by atoms with Crippen molar-refractivity contribution in [1.29, 1.82) is 0 Å². The fraction of sp³-hybridized carbons (Fsp3) is 0.571. The summed E-state index contributed by atoms with van der Waals surface area (Å²) in [5.74, 6) is 2.29. The van der Waals surface area contributed by atoms with Crippen LogP contribution in [0.25, 0.3) is 0 Å². The second-order valence-electron chi connectivity index (χ2n) is 4.60. The average molecular weight is 237 g/mol. The molecular weight excluding hydrogens is 214 g/mol. The molecule has 0 aromatic heterocycles. The predicted molar refractivity (Wildman–Crippen MR) is 71.1 cm³/mol. The van der Waals surface area contributed by atoms with E-state index in [0.717, 1.165) is 11.5 Å². The summed E-state index contributed by atoms with van der Waals surface area (Å²) in [5.41, 5.74) is 8.24. The monoisotopic (exact) mass is 237 g/mol. The van der Waals surface area contributed by atoms with E-state index in [1.165, 1.54) is 11.1 Å².